The molecule has 2 aliphatic carbocycles. The van der Waals surface area contributed by atoms with Gasteiger partial charge in [0.2, 0.25) is 12.5 Å². The van der Waals surface area contributed by atoms with E-state index < -0.39 is 23.5 Å². The van der Waals surface area contributed by atoms with Crippen LogP contribution in [0.3, 0.4) is 0 Å². The Morgan fingerprint density at radius 3 is 2.85 bits per heavy atom. The van der Waals surface area contributed by atoms with Gasteiger partial charge in [-0.3, -0.25) is 4.79 Å². The Bertz CT molecular complexity index is 759. The second kappa shape index (κ2) is 5.99. The zero-order valence-electron chi connectivity index (χ0n) is 15.0. The molecule has 1 heterocycles. The van der Waals surface area contributed by atoms with E-state index in [9.17, 15) is 15.0 Å². The van der Waals surface area contributed by atoms with Crippen LogP contribution in [0.5, 0.6) is 17.2 Å². The van der Waals surface area contributed by atoms with Gasteiger partial charge in [-0.25, -0.2) is 0 Å². The second-order valence-corrected chi connectivity index (χ2v) is 7.61. The molecule has 1 aromatic carbocycles. The normalized spacial score (nSPS) is 37.7. The lowest BCUT2D eigenvalue weighted by atomic mass is 9.66. The van der Waals surface area contributed by atoms with Gasteiger partial charge >= 0.3 is 0 Å². The van der Waals surface area contributed by atoms with Crippen molar-refractivity contribution in [1.29, 1.82) is 0 Å². The van der Waals surface area contributed by atoms with Crippen LogP contribution in [0.15, 0.2) is 24.8 Å². The smallest absolute Gasteiger partial charge is 0.231 e. The highest BCUT2D eigenvalue weighted by molar-refractivity contribution is 5.86. The summed E-state index contributed by atoms with van der Waals surface area (Å²) in [6, 6.07) is 3.74. The van der Waals surface area contributed by atoms with Crippen molar-refractivity contribution in [3.8, 4) is 17.2 Å². The minimum atomic E-state index is -1.17. The predicted molar refractivity (Wildman–Crippen MR) is 93.4 cm³/mol. The van der Waals surface area contributed by atoms with E-state index in [1.165, 1.54) is 0 Å². The van der Waals surface area contributed by atoms with Crippen LogP contribution in [0, 0.1) is 17.3 Å². The third-order valence-electron chi connectivity index (χ3n) is 6.60. The largest absolute Gasteiger partial charge is 0.493 e. The summed E-state index contributed by atoms with van der Waals surface area (Å²) in [7, 11) is 1.56. The van der Waals surface area contributed by atoms with Crippen molar-refractivity contribution in [3.05, 3.63) is 30.4 Å². The number of benzene rings is 1. The Morgan fingerprint density at radius 1 is 1.38 bits per heavy atom. The van der Waals surface area contributed by atoms with E-state index in [0.717, 1.165) is 5.56 Å². The number of rotatable bonds is 4. The standard InChI is InChI=1S/C20H24O6/c1-4-5-20-8-12(21)17(22)16(19(20)23)15(10(20)2)11-6-13(24-3)18-14(7-11)25-9-26-18/h4,6-7,10,15-17,19,22-23H,1,5,8-9H2,2-3H3/t10-,15+,16-,17-,19+,20-/m1/s1. The van der Waals surface area contributed by atoms with E-state index in [-0.39, 0.29) is 30.8 Å². The number of ether oxygens (including phenoxy) is 3. The first-order valence-electron chi connectivity index (χ1n) is 8.92. The Morgan fingerprint density at radius 2 is 2.15 bits per heavy atom. The highest BCUT2D eigenvalue weighted by Gasteiger charge is 2.64. The van der Waals surface area contributed by atoms with E-state index in [4.69, 9.17) is 14.2 Å². The molecule has 6 nitrogen and oxygen atoms in total. The molecule has 1 aliphatic heterocycles. The molecule has 0 saturated heterocycles. The van der Waals surface area contributed by atoms with Crippen molar-refractivity contribution in [2.75, 3.05) is 13.9 Å². The highest BCUT2D eigenvalue weighted by atomic mass is 16.7. The van der Waals surface area contributed by atoms with Gasteiger partial charge in [-0.2, -0.15) is 0 Å². The van der Waals surface area contributed by atoms with Crippen LogP contribution in [0.1, 0.15) is 31.2 Å². The Kier molecular flexibility index (Phi) is 4.00. The van der Waals surface area contributed by atoms with Crippen LogP contribution in [0.25, 0.3) is 0 Å². The van der Waals surface area contributed by atoms with Crippen molar-refractivity contribution in [3.63, 3.8) is 0 Å². The number of hydrogen-bond donors (Lipinski definition) is 2. The van der Waals surface area contributed by atoms with Crippen LogP contribution in [0.2, 0.25) is 0 Å². The fraction of sp³-hybridized carbons (Fsp3) is 0.550. The number of aliphatic hydroxyl groups excluding tert-OH is 2. The van der Waals surface area contributed by atoms with Gasteiger partial charge < -0.3 is 24.4 Å². The van der Waals surface area contributed by atoms with E-state index >= 15 is 0 Å². The van der Waals surface area contributed by atoms with E-state index in [0.29, 0.717) is 23.7 Å². The summed E-state index contributed by atoms with van der Waals surface area (Å²) in [5.74, 6) is 0.711. The first-order chi connectivity index (χ1) is 12.4. The maximum absolute atomic E-state index is 12.4. The molecular weight excluding hydrogens is 336 g/mol. The van der Waals surface area contributed by atoms with Crippen LogP contribution in [-0.4, -0.2) is 42.1 Å². The van der Waals surface area contributed by atoms with Crippen LogP contribution in [0.4, 0.5) is 0 Å². The topological polar surface area (TPSA) is 85.2 Å². The maximum atomic E-state index is 12.4. The fourth-order valence-electron chi connectivity index (χ4n) is 5.32. The minimum absolute atomic E-state index is 0.0216. The summed E-state index contributed by atoms with van der Waals surface area (Å²) in [6.45, 7) is 5.98. The summed E-state index contributed by atoms with van der Waals surface area (Å²) in [5.41, 5.74) is 0.277. The van der Waals surface area contributed by atoms with E-state index in [2.05, 4.69) is 6.58 Å². The van der Waals surface area contributed by atoms with Crippen molar-refractivity contribution >= 4 is 5.78 Å². The summed E-state index contributed by atoms with van der Waals surface area (Å²) >= 11 is 0. The molecule has 3 aliphatic rings. The third kappa shape index (κ3) is 2.15. The number of carbonyl (C=O) groups is 1. The number of hydrogen-bond acceptors (Lipinski definition) is 6. The number of aliphatic hydroxyl groups is 2. The number of allylic oxidation sites excluding steroid dienone is 1. The number of fused-ring (bicyclic) bond motifs is 3. The fourth-order valence-corrected chi connectivity index (χ4v) is 5.32. The molecule has 26 heavy (non-hydrogen) atoms. The van der Waals surface area contributed by atoms with Crippen molar-refractivity contribution in [1.82, 2.24) is 0 Å². The number of Topliss-reactive ketones (excluding diaryl/α,β-unsaturated/α-hetero) is 1. The van der Waals surface area contributed by atoms with Gasteiger partial charge in [0.15, 0.2) is 17.3 Å². The average molecular weight is 360 g/mol. The minimum Gasteiger partial charge on any atom is -0.493 e. The zero-order valence-corrected chi connectivity index (χ0v) is 15.0. The van der Waals surface area contributed by atoms with Crippen LogP contribution in [-0.2, 0) is 4.79 Å². The summed E-state index contributed by atoms with van der Waals surface area (Å²) in [4.78, 5) is 12.4. The molecule has 140 valence electrons. The molecule has 0 aromatic heterocycles. The molecule has 6 atom stereocenters. The Balaban J connectivity index is 1.84. The van der Waals surface area contributed by atoms with Gasteiger partial charge in [-0.15, -0.1) is 6.58 Å². The lowest BCUT2D eigenvalue weighted by Gasteiger charge is -2.40. The molecule has 2 bridgehead atoms. The molecule has 0 spiro atoms. The lowest BCUT2D eigenvalue weighted by molar-refractivity contribution is -0.146. The van der Waals surface area contributed by atoms with Crippen LogP contribution >= 0.6 is 0 Å². The maximum Gasteiger partial charge on any atom is 0.231 e. The first-order valence-corrected chi connectivity index (χ1v) is 8.92. The Labute approximate surface area is 152 Å². The number of ketones is 1. The summed E-state index contributed by atoms with van der Waals surface area (Å²) in [5, 5.41) is 21.6. The van der Waals surface area contributed by atoms with Gasteiger partial charge in [-0.1, -0.05) is 13.0 Å². The quantitative estimate of drug-likeness (QED) is 0.799. The molecule has 4 rings (SSSR count). The number of carbonyl (C=O) groups excluding carboxylic acids is 1. The molecule has 0 unspecified atom stereocenters. The summed E-state index contributed by atoms with van der Waals surface area (Å²) in [6.07, 6.45) is 0.503. The van der Waals surface area contributed by atoms with Gasteiger partial charge in [0, 0.05) is 17.8 Å². The van der Waals surface area contributed by atoms with E-state index in [1.54, 1.807) is 13.2 Å². The molecule has 2 fully saturated rings. The monoisotopic (exact) mass is 360 g/mol. The third-order valence-corrected chi connectivity index (χ3v) is 6.60. The molecule has 1 aromatic rings. The SMILES string of the molecule is C=CC[C@@]12CC(=O)[C@@H](O)[C@@H]([C@H](c3cc(OC)c4c(c3)OCO4)[C@H]1C)[C@@H]2O. The van der Waals surface area contributed by atoms with Crippen molar-refractivity contribution < 1.29 is 29.2 Å². The van der Waals surface area contributed by atoms with E-state index in [1.807, 2.05) is 19.1 Å². The molecule has 0 amide bonds. The predicted octanol–water partition coefficient (Wildman–Crippen LogP) is 2.03. The molecule has 2 saturated carbocycles. The van der Waals surface area contributed by atoms with Gasteiger partial charge in [-0.05, 0) is 36.0 Å². The first kappa shape index (κ1) is 17.4. The number of methoxy groups -OCH3 is 1. The second-order valence-electron chi connectivity index (χ2n) is 7.61. The average Bonchev–Trinajstić information content (AvgIpc) is 3.15. The summed E-state index contributed by atoms with van der Waals surface area (Å²) < 4.78 is 16.4. The van der Waals surface area contributed by atoms with Gasteiger partial charge in [0.25, 0.3) is 0 Å². The van der Waals surface area contributed by atoms with Crippen molar-refractivity contribution in [2.45, 2.75) is 37.9 Å². The molecule has 6 heteroatoms. The van der Waals surface area contributed by atoms with Crippen molar-refractivity contribution in [2.24, 2.45) is 17.3 Å². The molecule has 2 N–H and O–H groups in total. The highest BCUT2D eigenvalue weighted by Crippen LogP contribution is 2.63. The zero-order chi connectivity index (χ0) is 18.6. The Hall–Kier alpha value is -2.05. The van der Waals surface area contributed by atoms with Gasteiger partial charge in [0.05, 0.1) is 13.2 Å². The lowest BCUT2D eigenvalue weighted by Crippen LogP contribution is -2.49. The molecular formula is C20H24O6. The molecule has 0 radical (unpaired) electrons. The van der Waals surface area contributed by atoms with Crippen LogP contribution < -0.4 is 14.2 Å². The van der Waals surface area contributed by atoms with Gasteiger partial charge in [0.1, 0.15) is 6.10 Å².